The van der Waals surface area contributed by atoms with E-state index in [0.29, 0.717) is 12.0 Å². The van der Waals surface area contributed by atoms with Crippen LogP contribution in [0.5, 0.6) is 0 Å². The molecule has 1 aromatic rings. The number of hydrogen-bond donors (Lipinski definition) is 1. The third-order valence-corrected chi connectivity index (χ3v) is 4.91. The van der Waals surface area contributed by atoms with Gasteiger partial charge in [0.1, 0.15) is 0 Å². The van der Waals surface area contributed by atoms with Crippen molar-refractivity contribution in [2.75, 3.05) is 13.6 Å². The average Bonchev–Trinajstić information content (AvgIpc) is 2.79. The van der Waals surface area contributed by atoms with E-state index in [1.807, 2.05) is 18.4 Å². The average molecular weight is 237 g/mol. The summed E-state index contributed by atoms with van der Waals surface area (Å²) in [4.78, 5) is 1.61. The summed E-state index contributed by atoms with van der Waals surface area (Å²) in [7, 11) is 2.00. The summed E-state index contributed by atoms with van der Waals surface area (Å²) in [6.45, 7) is 0.937. The summed E-state index contributed by atoms with van der Waals surface area (Å²) in [5.74, 6) is 0.692. The Labute approximate surface area is 101 Å². The third kappa shape index (κ3) is 1.71. The van der Waals surface area contributed by atoms with E-state index in [0.717, 1.165) is 6.54 Å². The van der Waals surface area contributed by atoms with Crippen molar-refractivity contribution >= 4 is 11.3 Å². The largest absolute Gasteiger partial charge is 0.368 e. The van der Waals surface area contributed by atoms with E-state index in [9.17, 15) is 0 Å². The van der Waals surface area contributed by atoms with Gasteiger partial charge in [0.2, 0.25) is 0 Å². The summed E-state index contributed by atoms with van der Waals surface area (Å²) in [5.41, 5.74) is 1.45. The molecule has 1 aliphatic carbocycles. The van der Waals surface area contributed by atoms with Gasteiger partial charge < -0.3 is 10.1 Å². The Bertz CT molecular complexity index is 363. The molecule has 3 atom stereocenters. The summed E-state index contributed by atoms with van der Waals surface area (Å²) in [6, 6.07) is 2.26. The van der Waals surface area contributed by atoms with Gasteiger partial charge in [0.25, 0.3) is 0 Å². The quantitative estimate of drug-likeness (QED) is 0.853. The van der Waals surface area contributed by atoms with Crippen LogP contribution in [0.1, 0.15) is 48.1 Å². The van der Waals surface area contributed by atoms with Crippen molar-refractivity contribution in [2.45, 2.75) is 43.8 Å². The highest BCUT2D eigenvalue weighted by Gasteiger charge is 2.37. The molecule has 0 radical (unpaired) electrons. The van der Waals surface area contributed by atoms with Crippen LogP contribution < -0.4 is 5.32 Å². The molecule has 0 spiro atoms. The van der Waals surface area contributed by atoms with Crippen molar-refractivity contribution in [1.29, 1.82) is 0 Å². The van der Waals surface area contributed by atoms with Crippen molar-refractivity contribution in [3.8, 4) is 0 Å². The van der Waals surface area contributed by atoms with E-state index in [2.05, 4.69) is 16.8 Å². The molecule has 3 rings (SSSR count). The second kappa shape index (κ2) is 4.47. The Kier molecular flexibility index (Phi) is 3.01. The van der Waals surface area contributed by atoms with Crippen molar-refractivity contribution < 1.29 is 4.74 Å². The maximum Gasteiger partial charge on any atom is 0.0963 e. The smallest absolute Gasteiger partial charge is 0.0963 e. The molecule has 1 N–H and O–H groups in total. The molecule has 1 fully saturated rings. The monoisotopic (exact) mass is 237 g/mol. The van der Waals surface area contributed by atoms with Crippen molar-refractivity contribution in [2.24, 2.45) is 0 Å². The number of hydrogen-bond acceptors (Lipinski definition) is 3. The van der Waals surface area contributed by atoms with Crippen LogP contribution in [-0.2, 0) is 4.74 Å². The van der Waals surface area contributed by atoms with E-state index in [1.165, 1.54) is 31.2 Å². The Morgan fingerprint density at radius 1 is 1.44 bits per heavy atom. The van der Waals surface area contributed by atoms with Gasteiger partial charge in [0, 0.05) is 17.3 Å². The van der Waals surface area contributed by atoms with E-state index < -0.39 is 0 Å². The van der Waals surface area contributed by atoms with Crippen LogP contribution in [0.25, 0.3) is 0 Å². The molecule has 1 aliphatic heterocycles. The first-order chi connectivity index (χ1) is 7.90. The zero-order valence-corrected chi connectivity index (χ0v) is 10.6. The lowest BCUT2D eigenvalue weighted by atomic mass is 9.81. The molecule has 16 heavy (non-hydrogen) atoms. The minimum Gasteiger partial charge on any atom is -0.368 e. The summed E-state index contributed by atoms with van der Waals surface area (Å²) < 4.78 is 6.26. The first-order valence-corrected chi connectivity index (χ1v) is 7.15. The molecule has 3 heteroatoms. The first kappa shape index (κ1) is 10.8. The standard InChI is InChI=1S/C13H19NOS/c1-14-8-12-10-6-7-16-13(10)9-4-2-3-5-11(9)15-12/h6-7,9,11-12,14H,2-5,8H2,1H3/t9-,11+,12+/m1/s1. The molecule has 0 bridgehead atoms. The molecule has 0 amide bonds. The maximum absolute atomic E-state index is 6.26. The van der Waals surface area contributed by atoms with Gasteiger partial charge in [-0.3, -0.25) is 0 Å². The lowest BCUT2D eigenvalue weighted by Gasteiger charge is -2.39. The molecule has 0 unspecified atom stereocenters. The van der Waals surface area contributed by atoms with Gasteiger partial charge in [-0.2, -0.15) is 0 Å². The Morgan fingerprint density at radius 3 is 3.19 bits per heavy atom. The molecule has 1 aromatic heterocycles. The zero-order chi connectivity index (χ0) is 11.0. The number of thiophene rings is 1. The second-order valence-corrected chi connectivity index (χ2v) is 5.80. The van der Waals surface area contributed by atoms with Gasteiger partial charge in [0.15, 0.2) is 0 Å². The fourth-order valence-electron chi connectivity index (χ4n) is 3.09. The minimum atomic E-state index is 0.283. The van der Waals surface area contributed by atoms with Gasteiger partial charge in [-0.05, 0) is 36.9 Å². The predicted molar refractivity (Wildman–Crippen MR) is 67.1 cm³/mol. The van der Waals surface area contributed by atoms with Crippen LogP contribution in [0, 0.1) is 0 Å². The highest BCUT2D eigenvalue weighted by atomic mass is 32.1. The number of likely N-dealkylation sites (N-methyl/N-ethyl adjacent to an activating group) is 1. The summed E-state index contributed by atoms with van der Waals surface area (Å²) in [5, 5.41) is 5.47. The van der Waals surface area contributed by atoms with Gasteiger partial charge in [-0.15, -0.1) is 11.3 Å². The Morgan fingerprint density at radius 2 is 2.31 bits per heavy atom. The molecule has 1 saturated carbocycles. The molecule has 2 heterocycles. The van der Waals surface area contributed by atoms with Crippen LogP contribution in [0.15, 0.2) is 11.4 Å². The van der Waals surface area contributed by atoms with Gasteiger partial charge >= 0.3 is 0 Å². The lowest BCUT2D eigenvalue weighted by molar-refractivity contribution is -0.0541. The van der Waals surface area contributed by atoms with Crippen LogP contribution in [0.2, 0.25) is 0 Å². The van der Waals surface area contributed by atoms with E-state index >= 15 is 0 Å². The number of rotatable bonds is 2. The second-order valence-electron chi connectivity index (χ2n) is 4.85. The van der Waals surface area contributed by atoms with Crippen LogP contribution in [0.3, 0.4) is 0 Å². The molecular formula is C13H19NOS. The number of nitrogens with one attached hydrogen (secondary N) is 1. The molecule has 2 nitrogen and oxygen atoms in total. The fourth-order valence-corrected chi connectivity index (χ4v) is 4.23. The van der Waals surface area contributed by atoms with Gasteiger partial charge in [-0.25, -0.2) is 0 Å². The van der Waals surface area contributed by atoms with Crippen LogP contribution in [-0.4, -0.2) is 19.7 Å². The minimum absolute atomic E-state index is 0.283. The predicted octanol–water partition coefficient (Wildman–Crippen LogP) is 3.07. The normalized spacial score (nSPS) is 33.2. The van der Waals surface area contributed by atoms with E-state index in [1.54, 1.807) is 4.88 Å². The van der Waals surface area contributed by atoms with Crippen molar-refractivity contribution in [3.05, 3.63) is 21.9 Å². The van der Waals surface area contributed by atoms with Crippen LogP contribution in [0.4, 0.5) is 0 Å². The van der Waals surface area contributed by atoms with E-state index in [4.69, 9.17) is 4.74 Å². The molecule has 0 aromatic carbocycles. The molecule has 2 aliphatic rings. The molecular weight excluding hydrogens is 218 g/mol. The highest BCUT2D eigenvalue weighted by molar-refractivity contribution is 7.10. The van der Waals surface area contributed by atoms with Gasteiger partial charge in [0.05, 0.1) is 12.2 Å². The SMILES string of the molecule is CNC[C@@H]1O[C@H]2CCCC[C@H]2c2sccc21. The molecule has 0 saturated heterocycles. The molecule has 88 valence electrons. The maximum atomic E-state index is 6.26. The third-order valence-electron chi connectivity index (χ3n) is 3.84. The summed E-state index contributed by atoms with van der Waals surface area (Å²) >= 11 is 1.93. The van der Waals surface area contributed by atoms with Crippen molar-refractivity contribution in [1.82, 2.24) is 5.32 Å². The summed E-state index contributed by atoms with van der Waals surface area (Å²) in [6.07, 6.45) is 6.06. The number of fused-ring (bicyclic) bond motifs is 3. The first-order valence-electron chi connectivity index (χ1n) is 6.27. The van der Waals surface area contributed by atoms with Crippen LogP contribution >= 0.6 is 11.3 Å². The lowest BCUT2D eigenvalue weighted by Crippen LogP contribution is -2.35. The zero-order valence-electron chi connectivity index (χ0n) is 9.74. The van der Waals surface area contributed by atoms with Gasteiger partial charge in [-0.1, -0.05) is 12.8 Å². The highest BCUT2D eigenvalue weighted by Crippen LogP contribution is 2.46. The van der Waals surface area contributed by atoms with Crippen molar-refractivity contribution in [3.63, 3.8) is 0 Å². The fraction of sp³-hybridized carbons (Fsp3) is 0.692. The number of ether oxygens (including phenoxy) is 1. The topological polar surface area (TPSA) is 21.3 Å². The van der Waals surface area contributed by atoms with E-state index in [-0.39, 0.29) is 6.10 Å². The Balaban J connectivity index is 1.92. The Hall–Kier alpha value is -0.380.